The molecule has 1 heterocycles. The molecule has 1 N–H and O–H groups in total. The second-order valence-electron chi connectivity index (χ2n) is 6.26. The molecule has 0 aliphatic carbocycles. The zero-order valence-corrected chi connectivity index (χ0v) is 14.0. The Morgan fingerprint density at radius 2 is 1.77 bits per heavy atom. The zero-order valence-electron chi connectivity index (χ0n) is 14.0. The number of hydrogen-bond donors (Lipinski definition) is 1. The summed E-state index contributed by atoms with van der Waals surface area (Å²) in [6.45, 7) is 2.15. The van der Waals surface area contributed by atoms with Crippen LogP contribution in [-0.2, 0) is 11.0 Å². The highest BCUT2D eigenvalue weighted by Gasteiger charge is 2.36. The number of carbonyl (C=O) groups is 2. The molecule has 0 unspecified atom stereocenters. The van der Waals surface area contributed by atoms with Crippen molar-refractivity contribution in [2.45, 2.75) is 25.6 Å². The molecule has 7 heteroatoms. The summed E-state index contributed by atoms with van der Waals surface area (Å²) in [6.07, 6.45) is -4.57. The molecular weight excluding hydrogens is 345 g/mol. The molecule has 1 atom stereocenters. The molecule has 0 bridgehead atoms. The molecule has 4 nitrogen and oxygen atoms in total. The third-order valence-electron chi connectivity index (χ3n) is 4.28. The Balaban J connectivity index is 1.74. The van der Waals surface area contributed by atoms with Gasteiger partial charge >= 0.3 is 6.18 Å². The summed E-state index contributed by atoms with van der Waals surface area (Å²) in [5, 5.41) is 2.55. The van der Waals surface area contributed by atoms with Crippen LogP contribution in [0.25, 0.3) is 0 Å². The number of alkyl halides is 3. The minimum Gasteiger partial charge on any atom is -0.347 e. The smallest absolute Gasteiger partial charge is 0.347 e. The molecule has 3 rings (SSSR count). The maximum absolute atomic E-state index is 13.1. The Hall–Kier alpha value is -2.83. The molecule has 0 saturated carbocycles. The average molecular weight is 362 g/mol. The number of amides is 2. The largest absolute Gasteiger partial charge is 0.417 e. The van der Waals surface area contributed by atoms with E-state index < -0.39 is 29.3 Å². The van der Waals surface area contributed by atoms with Gasteiger partial charge in [-0.2, -0.15) is 13.2 Å². The summed E-state index contributed by atoms with van der Waals surface area (Å²) in [5.74, 6) is -1.01. The Kier molecular flexibility index (Phi) is 4.71. The van der Waals surface area contributed by atoms with Crippen LogP contribution in [0.5, 0.6) is 0 Å². The van der Waals surface area contributed by atoms with E-state index in [4.69, 9.17) is 0 Å². The predicted octanol–water partition coefficient (Wildman–Crippen LogP) is 3.55. The molecule has 136 valence electrons. The highest BCUT2D eigenvalue weighted by Crippen LogP contribution is 2.32. The van der Waals surface area contributed by atoms with Crippen molar-refractivity contribution in [3.8, 4) is 0 Å². The van der Waals surface area contributed by atoms with E-state index in [0.29, 0.717) is 5.69 Å². The van der Waals surface area contributed by atoms with E-state index >= 15 is 0 Å². The van der Waals surface area contributed by atoms with E-state index in [0.717, 1.165) is 17.7 Å². The molecule has 26 heavy (non-hydrogen) atoms. The van der Waals surface area contributed by atoms with Crippen molar-refractivity contribution in [3.05, 3.63) is 65.2 Å². The van der Waals surface area contributed by atoms with Gasteiger partial charge in [0.2, 0.25) is 5.91 Å². The van der Waals surface area contributed by atoms with E-state index in [1.165, 1.54) is 17.0 Å². The Bertz CT molecular complexity index is 831. The predicted molar refractivity (Wildman–Crippen MR) is 90.8 cm³/mol. The molecule has 2 amide bonds. The number of hydrogen-bond acceptors (Lipinski definition) is 2. The second kappa shape index (κ2) is 6.82. The minimum atomic E-state index is -4.62. The van der Waals surface area contributed by atoms with E-state index in [1.54, 1.807) is 12.1 Å². The van der Waals surface area contributed by atoms with Crippen molar-refractivity contribution in [1.82, 2.24) is 5.32 Å². The number of nitrogens with one attached hydrogen (secondary N) is 1. The van der Waals surface area contributed by atoms with Crippen molar-refractivity contribution >= 4 is 17.5 Å². The van der Waals surface area contributed by atoms with Gasteiger partial charge in [-0.1, -0.05) is 29.8 Å². The van der Waals surface area contributed by atoms with Gasteiger partial charge in [0, 0.05) is 18.7 Å². The van der Waals surface area contributed by atoms with Crippen molar-refractivity contribution in [2.24, 2.45) is 0 Å². The summed E-state index contributed by atoms with van der Waals surface area (Å²) in [7, 11) is 0. The lowest BCUT2D eigenvalue weighted by molar-refractivity contribution is -0.138. The number of nitrogens with zero attached hydrogens (tertiary/aromatic N) is 1. The molecule has 0 spiro atoms. The highest BCUT2D eigenvalue weighted by molar-refractivity contribution is 5.99. The zero-order chi connectivity index (χ0) is 18.9. The molecule has 0 radical (unpaired) electrons. The minimum absolute atomic E-state index is 0.0494. The lowest BCUT2D eigenvalue weighted by Gasteiger charge is -2.18. The first kappa shape index (κ1) is 18.0. The fourth-order valence-corrected chi connectivity index (χ4v) is 2.97. The monoisotopic (exact) mass is 362 g/mol. The fraction of sp³-hybridized carbons (Fsp3) is 0.263. The quantitative estimate of drug-likeness (QED) is 0.908. The standard InChI is InChI=1S/C19H17F3N2O2/c1-12-6-8-14(9-7-12)24-11-13(10-17(24)25)23-18(26)15-4-2-3-5-16(15)19(20,21)22/h2-9,13H,10-11H2,1H3,(H,23,26)/t13-/m1/s1. The Morgan fingerprint density at radius 1 is 1.12 bits per heavy atom. The van der Waals surface area contributed by atoms with E-state index in [2.05, 4.69) is 5.32 Å². The van der Waals surface area contributed by atoms with Crippen LogP contribution in [0.3, 0.4) is 0 Å². The van der Waals surface area contributed by atoms with Crippen LogP contribution in [0.1, 0.15) is 27.9 Å². The van der Waals surface area contributed by atoms with Crippen LogP contribution in [0, 0.1) is 6.92 Å². The van der Waals surface area contributed by atoms with Gasteiger partial charge in [0.1, 0.15) is 0 Å². The average Bonchev–Trinajstić information content (AvgIpc) is 2.95. The van der Waals surface area contributed by atoms with Gasteiger partial charge in [0.05, 0.1) is 17.2 Å². The topological polar surface area (TPSA) is 49.4 Å². The molecule has 0 aromatic heterocycles. The highest BCUT2D eigenvalue weighted by atomic mass is 19.4. The molecule has 1 saturated heterocycles. The van der Waals surface area contributed by atoms with Gasteiger partial charge < -0.3 is 10.2 Å². The number of rotatable bonds is 3. The Labute approximate surface area is 148 Å². The molecular formula is C19H17F3N2O2. The lowest BCUT2D eigenvalue weighted by atomic mass is 10.1. The molecule has 2 aromatic rings. The van der Waals surface area contributed by atoms with Gasteiger partial charge in [-0.15, -0.1) is 0 Å². The molecule has 2 aromatic carbocycles. The van der Waals surface area contributed by atoms with Gasteiger partial charge in [-0.05, 0) is 31.2 Å². The van der Waals surface area contributed by atoms with E-state index in [1.807, 2.05) is 19.1 Å². The SMILES string of the molecule is Cc1ccc(N2C[C@H](NC(=O)c3ccccc3C(F)(F)F)CC2=O)cc1. The normalized spacial score (nSPS) is 17.5. The van der Waals surface area contributed by atoms with Crippen LogP contribution >= 0.6 is 0 Å². The lowest BCUT2D eigenvalue weighted by Crippen LogP contribution is -2.38. The van der Waals surface area contributed by atoms with Gasteiger partial charge in [0.15, 0.2) is 0 Å². The first-order chi connectivity index (χ1) is 12.3. The maximum Gasteiger partial charge on any atom is 0.417 e. The maximum atomic E-state index is 13.1. The first-order valence-electron chi connectivity index (χ1n) is 8.10. The van der Waals surface area contributed by atoms with Crippen molar-refractivity contribution in [1.29, 1.82) is 0 Å². The first-order valence-corrected chi connectivity index (χ1v) is 8.10. The van der Waals surface area contributed by atoms with Crippen LogP contribution in [-0.4, -0.2) is 24.4 Å². The number of anilines is 1. The third-order valence-corrected chi connectivity index (χ3v) is 4.28. The molecule has 1 fully saturated rings. The van der Waals surface area contributed by atoms with Crippen LogP contribution in [0.4, 0.5) is 18.9 Å². The number of benzene rings is 2. The Morgan fingerprint density at radius 3 is 2.42 bits per heavy atom. The van der Waals surface area contributed by atoms with Gasteiger partial charge in [-0.3, -0.25) is 9.59 Å². The van der Waals surface area contributed by atoms with E-state index in [-0.39, 0.29) is 18.9 Å². The molecule has 1 aliphatic heterocycles. The van der Waals surface area contributed by atoms with Crippen LogP contribution in [0.15, 0.2) is 48.5 Å². The summed E-state index contributed by atoms with van der Waals surface area (Å²) >= 11 is 0. The summed E-state index contributed by atoms with van der Waals surface area (Å²) in [6, 6.07) is 11.4. The number of halogens is 3. The fourth-order valence-electron chi connectivity index (χ4n) is 2.97. The van der Waals surface area contributed by atoms with Crippen LogP contribution < -0.4 is 10.2 Å². The van der Waals surface area contributed by atoms with Crippen molar-refractivity contribution < 1.29 is 22.8 Å². The number of carbonyl (C=O) groups excluding carboxylic acids is 2. The van der Waals surface area contributed by atoms with Crippen LogP contribution in [0.2, 0.25) is 0 Å². The summed E-state index contributed by atoms with van der Waals surface area (Å²) < 4.78 is 39.2. The van der Waals surface area contributed by atoms with Crippen molar-refractivity contribution in [2.75, 3.05) is 11.4 Å². The van der Waals surface area contributed by atoms with Crippen molar-refractivity contribution in [3.63, 3.8) is 0 Å². The van der Waals surface area contributed by atoms with E-state index in [9.17, 15) is 22.8 Å². The van der Waals surface area contributed by atoms with Gasteiger partial charge in [-0.25, -0.2) is 0 Å². The summed E-state index contributed by atoms with van der Waals surface area (Å²) in [4.78, 5) is 26.1. The second-order valence-corrected chi connectivity index (χ2v) is 6.26. The summed E-state index contributed by atoms with van der Waals surface area (Å²) in [5.41, 5.74) is 0.320. The third kappa shape index (κ3) is 3.71. The number of aryl methyl sites for hydroxylation is 1. The van der Waals surface area contributed by atoms with Gasteiger partial charge in [0.25, 0.3) is 5.91 Å². The molecule has 1 aliphatic rings.